The van der Waals surface area contributed by atoms with Crippen LogP contribution in [0.15, 0.2) is 42.6 Å². The number of aromatic nitrogens is 2. The van der Waals surface area contributed by atoms with Crippen LogP contribution in [0.5, 0.6) is 0 Å². The molecule has 2 aromatic heterocycles. The number of carbonyl (C=O) groups is 1. The summed E-state index contributed by atoms with van der Waals surface area (Å²) in [4.78, 5) is 15.6. The first kappa shape index (κ1) is 15.3. The van der Waals surface area contributed by atoms with Crippen LogP contribution in [0.4, 0.5) is 0 Å². The van der Waals surface area contributed by atoms with Crippen molar-refractivity contribution >= 4 is 29.3 Å². The van der Waals surface area contributed by atoms with E-state index in [2.05, 4.69) is 0 Å². The van der Waals surface area contributed by atoms with E-state index in [1.807, 2.05) is 54.8 Å². The minimum atomic E-state index is -0.995. The van der Waals surface area contributed by atoms with E-state index in [4.69, 9.17) is 21.7 Å². The quantitative estimate of drug-likeness (QED) is 0.727. The molecular formula is C18H15ClN2O2. The Morgan fingerprint density at radius 3 is 2.74 bits per heavy atom. The number of halogens is 1. The maximum absolute atomic E-state index is 10.9. The molecule has 2 heterocycles. The highest BCUT2D eigenvalue weighted by atomic mass is 35.5. The highest BCUT2D eigenvalue weighted by molar-refractivity contribution is 6.31. The number of nitrogens with zero attached hydrogens (tertiary/aromatic N) is 2. The molecule has 0 saturated heterocycles. The maximum Gasteiger partial charge on any atom is 0.328 e. The van der Waals surface area contributed by atoms with Crippen LogP contribution in [0, 0.1) is 13.8 Å². The van der Waals surface area contributed by atoms with Gasteiger partial charge in [0, 0.05) is 22.9 Å². The number of benzene rings is 1. The van der Waals surface area contributed by atoms with Crippen LogP contribution in [0.25, 0.3) is 23.0 Å². The smallest absolute Gasteiger partial charge is 0.328 e. The monoisotopic (exact) mass is 326 g/mol. The molecule has 0 atom stereocenters. The van der Waals surface area contributed by atoms with Gasteiger partial charge in [-0.2, -0.15) is 0 Å². The second-order valence-electron chi connectivity index (χ2n) is 5.37. The largest absolute Gasteiger partial charge is 0.478 e. The van der Waals surface area contributed by atoms with Gasteiger partial charge in [0.05, 0.1) is 11.4 Å². The number of carboxylic acids is 1. The zero-order chi connectivity index (χ0) is 16.6. The Hall–Kier alpha value is -2.59. The molecule has 1 N–H and O–H groups in total. The van der Waals surface area contributed by atoms with Crippen LogP contribution in [0.3, 0.4) is 0 Å². The standard InChI is InChI=1S/C18H15ClN2O2/c1-11-4-3-9-21-15(7-8-16(22)23)17(20-18(11)21)13-5-6-14(19)12(2)10-13/h3-10H,1-2H3,(H,22,23)/b8-7+. The third-order valence-corrected chi connectivity index (χ3v) is 4.12. The third kappa shape index (κ3) is 2.85. The van der Waals surface area contributed by atoms with Gasteiger partial charge in [0.15, 0.2) is 0 Å². The molecule has 0 unspecified atom stereocenters. The van der Waals surface area contributed by atoms with Gasteiger partial charge in [-0.05, 0) is 49.2 Å². The average Bonchev–Trinajstić information content (AvgIpc) is 2.88. The molecule has 0 aliphatic carbocycles. The van der Waals surface area contributed by atoms with E-state index in [0.29, 0.717) is 5.02 Å². The van der Waals surface area contributed by atoms with E-state index >= 15 is 0 Å². The van der Waals surface area contributed by atoms with Gasteiger partial charge in [0.25, 0.3) is 0 Å². The molecule has 1 aromatic carbocycles. The minimum absolute atomic E-state index is 0.691. The van der Waals surface area contributed by atoms with Crippen LogP contribution < -0.4 is 0 Å². The summed E-state index contributed by atoms with van der Waals surface area (Å²) in [5, 5.41) is 9.64. The van der Waals surface area contributed by atoms with E-state index in [-0.39, 0.29) is 0 Å². The van der Waals surface area contributed by atoms with E-state index in [9.17, 15) is 4.79 Å². The van der Waals surface area contributed by atoms with Gasteiger partial charge in [-0.1, -0.05) is 23.7 Å². The molecule has 23 heavy (non-hydrogen) atoms. The molecule has 0 aliphatic heterocycles. The second kappa shape index (κ2) is 5.89. The molecule has 5 heteroatoms. The van der Waals surface area contributed by atoms with Crippen molar-refractivity contribution < 1.29 is 9.90 Å². The number of rotatable bonds is 3. The molecule has 0 saturated carbocycles. The van der Waals surface area contributed by atoms with Crippen LogP contribution in [-0.4, -0.2) is 20.5 Å². The van der Waals surface area contributed by atoms with Gasteiger partial charge in [0.1, 0.15) is 5.65 Å². The predicted molar refractivity (Wildman–Crippen MR) is 91.8 cm³/mol. The van der Waals surface area contributed by atoms with Crippen molar-refractivity contribution in [2.75, 3.05) is 0 Å². The van der Waals surface area contributed by atoms with Crippen molar-refractivity contribution in [2.45, 2.75) is 13.8 Å². The number of aryl methyl sites for hydroxylation is 2. The van der Waals surface area contributed by atoms with Gasteiger partial charge in [-0.3, -0.25) is 4.40 Å². The topological polar surface area (TPSA) is 54.6 Å². The summed E-state index contributed by atoms with van der Waals surface area (Å²) in [7, 11) is 0. The van der Waals surface area contributed by atoms with Crippen LogP contribution in [0.2, 0.25) is 5.02 Å². The van der Waals surface area contributed by atoms with Gasteiger partial charge >= 0.3 is 5.97 Å². The van der Waals surface area contributed by atoms with Crippen molar-refractivity contribution in [3.8, 4) is 11.3 Å². The summed E-state index contributed by atoms with van der Waals surface area (Å²) < 4.78 is 1.90. The fraction of sp³-hybridized carbons (Fsp3) is 0.111. The third-order valence-electron chi connectivity index (χ3n) is 3.70. The van der Waals surface area contributed by atoms with Crippen molar-refractivity contribution in [1.29, 1.82) is 0 Å². The molecule has 116 valence electrons. The normalized spacial score (nSPS) is 11.4. The summed E-state index contributed by atoms with van der Waals surface area (Å²) >= 11 is 6.10. The zero-order valence-corrected chi connectivity index (χ0v) is 13.5. The highest BCUT2D eigenvalue weighted by Crippen LogP contribution is 2.29. The summed E-state index contributed by atoms with van der Waals surface area (Å²) in [6, 6.07) is 9.57. The lowest BCUT2D eigenvalue weighted by Crippen LogP contribution is -1.92. The molecule has 0 amide bonds. The molecule has 4 nitrogen and oxygen atoms in total. The molecule has 0 bridgehead atoms. The van der Waals surface area contributed by atoms with E-state index in [1.54, 1.807) is 6.08 Å². The number of fused-ring (bicyclic) bond motifs is 1. The predicted octanol–water partition coefficient (Wildman–Crippen LogP) is 4.37. The number of hydrogen-bond acceptors (Lipinski definition) is 2. The second-order valence-corrected chi connectivity index (χ2v) is 5.77. The van der Waals surface area contributed by atoms with Crippen LogP contribution >= 0.6 is 11.6 Å². The fourth-order valence-electron chi connectivity index (χ4n) is 2.54. The molecule has 0 fully saturated rings. The Bertz CT molecular complexity index is 942. The Morgan fingerprint density at radius 2 is 2.04 bits per heavy atom. The summed E-state index contributed by atoms with van der Waals surface area (Å²) in [6.45, 7) is 3.91. The van der Waals surface area contributed by atoms with Gasteiger partial charge < -0.3 is 5.11 Å². The average molecular weight is 327 g/mol. The van der Waals surface area contributed by atoms with Crippen molar-refractivity contribution in [3.63, 3.8) is 0 Å². The first-order valence-corrected chi connectivity index (χ1v) is 7.50. The van der Waals surface area contributed by atoms with E-state index in [0.717, 1.165) is 39.8 Å². The first-order valence-electron chi connectivity index (χ1n) is 7.12. The van der Waals surface area contributed by atoms with Gasteiger partial charge in [-0.15, -0.1) is 0 Å². The Morgan fingerprint density at radius 1 is 1.26 bits per heavy atom. The lowest BCUT2D eigenvalue weighted by molar-refractivity contribution is -0.131. The molecule has 3 rings (SSSR count). The van der Waals surface area contributed by atoms with Crippen molar-refractivity contribution in [1.82, 2.24) is 9.38 Å². The number of hydrogen-bond donors (Lipinski definition) is 1. The summed E-state index contributed by atoms with van der Waals surface area (Å²) in [5.74, 6) is -0.995. The fourth-order valence-corrected chi connectivity index (χ4v) is 2.65. The molecule has 0 radical (unpaired) electrons. The number of aliphatic carboxylic acids is 1. The first-order chi connectivity index (χ1) is 11.0. The van der Waals surface area contributed by atoms with Crippen LogP contribution in [0.1, 0.15) is 16.8 Å². The number of pyridine rings is 1. The maximum atomic E-state index is 10.9. The Labute approximate surface area is 138 Å². The van der Waals surface area contributed by atoms with Crippen molar-refractivity contribution in [2.24, 2.45) is 0 Å². The van der Waals surface area contributed by atoms with Gasteiger partial charge in [0.2, 0.25) is 0 Å². The zero-order valence-electron chi connectivity index (χ0n) is 12.7. The minimum Gasteiger partial charge on any atom is -0.478 e. The van der Waals surface area contributed by atoms with Gasteiger partial charge in [-0.25, -0.2) is 9.78 Å². The number of imidazole rings is 1. The Kier molecular flexibility index (Phi) is 3.92. The van der Waals surface area contributed by atoms with Crippen LogP contribution in [-0.2, 0) is 4.79 Å². The molecule has 0 aliphatic rings. The summed E-state index contributed by atoms with van der Waals surface area (Å²) in [5.41, 5.74) is 5.14. The number of carboxylic acid groups (broad SMARTS) is 1. The summed E-state index contributed by atoms with van der Waals surface area (Å²) in [6.07, 6.45) is 4.57. The molecule has 3 aromatic rings. The Balaban J connectivity index is 2.30. The van der Waals surface area contributed by atoms with E-state index in [1.165, 1.54) is 0 Å². The molecular weight excluding hydrogens is 312 g/mol. The van der Waals surface area contributed by atoms with E-state index < -0.39 is 5.97 Å². The van der Waals surface area contributed by atoms with Crippen molar-refractivity contribution in [3.05, 3.63) is 64.4 Å². The molecule has 0 spiro atoms. The SMILES string of the molecule is Cc1cc(-c2nc3c(C)cccn3c2/C=C/C(=O)O)ccc1Cl. The lowest BCUT2D eigenvalue weighted by atomic mass is 10.1. The highest BCUT2D eigenvalue weighted by Gasteiger charge is 2.14. The lowest BCUT2D eigenvalue weighted by Gasteiger charge is -2.03.